The molecular weight excluding hydrogens is 456 g/mol. The number of para-hydroxylation sites is 1. The van der Waals surface area contributed by atoms with Gasteiger partial charge in [-0.15, -0.1) is 0 Å². The van der Waals surface area contributed by atoms with E-state index in [-0.39, 0.29) is 23.9 Å². The Balaban J connectivity index is 1.48. The highest BCUT2D eigenvalue weighted by molar-refractivity contribution is 6.04. The number of carbonyl (C=O) groups is 1. The van der Waals surface area contributed by atoms with Crippen LogP contribution in [0.5, 0.6) is 0 Å². The Labute approximate surface area is 219 Å². The number of hydrogen-bond donors (Lipinski definition) is 2. The number of Topliss-reactive ketones (excluding diaryl/α,β-unsaturated/α-hetero) is 1. The van der Waals surface area contributed by atoms with Crippen LogP contribution in [0.4, 0.5) is 17.1 Å². The molecule has 3 N–H and O–H groups in total. The van der Waals surface area contributed by atoms with Crippen LogP contribution in [-0.4, -0.2) is 10.9 Å². The second-order valence-corrected chi connectivity index (χ2v) is 10.5. The first-order valence-electron chi connectivity index (χ1n) is 12.9. The van der Waals surface area contributed by atoms with Crippen LogP contribution in [0.15, 0.2) is 108 Å². The second-order valence-electron chi connectivity index (χ2n) is 10.5. The second kappa shape index (κ2) is 9.78. The monoisotopic (exact) mass is 490 g/mol. The molecule has 2 aliphatic carbocycles. The largest absolute Gasteiger partial charge is 0.511 e. The SMILES string of the molecule is CC(C1=C(O)CC1=O)C(C)(C)c1cc(-c2ccc(N(C3=CCCC=C3)c3ccccc3)cc2)ccc1N. The number of aliphatic hydroxyl groups is 1. The van der Waals surface area contributed by atoms with E-state index >= 15 is 0 Å². The molecule has 2 aliphatic rings. The van der Waals surface area contributed by atoms with E-state index in [1.807, 2.05) is 25.1 Å². The number of nitrogen functional groups attached to an aromatic ring is 1. The Morgan fingerprint density at radius 2 is 1.59 bits per heavy atom. The lowest BCUT2D eigenvalue weighted by Crippen LogP contribution is -2.35. The van der Waals surface area contributed by atoms with Crippen LogP contribution in [0.1, 0.15) is 45.6 Å². The number of benzene rings is 3. The molecular formula is C33H34N2O2. The molecule has 4 nitrogen and oxygen atoms in total. The van der Waals surface area contributed by atoms with Gasteiger partial charge in [0.1, 0.15) is 5.76 Å². The van der Waals surface area contributed by atoms with Crippen LogP contribution >= 0.6 is 0 Å². The molecule has 0 saturated carbocycles. The third-order valence-electron chi connectivity index (χ3n) is 7.91. The van der Waals surface area contributed by atoms with Crippen molar-refractivity contribution in [3.8, 4) is 11.1 Å². The summed E-state index contributed by atoms with van der Waals surface area (Å²) in [6, 6.07) is 25.2. The number of allylic oxidation sites excluding steroid dienone is 5. The van der Waals surface area contributed by atoms with Crippen molar-refractivity contribution in [2.24, 2.45) is 5.92 Å². The number of nitrogens with two attached hydrogens (primary N) is 1. The zero-order valence-corrected chi connectivity index (χ0v) is 21.7. The maximum absolute atomic E-state index is 12.2. The lowest BCUT2D eigenvalue weighted by Gasteiger charge is -2.37. The average Bonchev–Trinajstić information content (AvgIpc) is 2.90. The lowest BCUT2D eigenvalue weighted by atomic mass is 9.66. The normalized spacial score (nSPS) is 16.3. The topological polar surface area (TPSA) is 66.6 Å². The fourth-order valence-corrected chi connectivity index (χ4v) is 5.37. The molecule has 0 aliphatic heterocycles. The van der Waals surface area contributed by atoms with Gasteiger partial charge in [-0.3, -0.25) is 4.79 Å². The summed E-state index contributed by atoms with van der Waals surface area (Å²) >= 11 is 0. The average molecular weight is 491 g/mol. The van der Waals surface area contributed by atoms with Gasteiger partial charge in [-0.2, -0.15) is 0 Å². The molecule has 5 rings (SSSR count). The van der Waals surface area contributed by atoms with Crippen LogP contribution in [0, 0.1) is 5.92 Å². The first-order valence-corrected chi connectivity index (χ1v) is 12.9. The molecule has 0 bridgehead atoms. The molecule has 0 spiro atoms. The van der Waals surface area contributed by atoms with Gasteiger partial charge in [0, 0.05) is 28.3 Å². The van der Waals surface area contributed by atoms with Crippen LogP contribution < -0.4 is 10.6 Å². The van der Waals surface area contributed by atoms with E-state index in [1.54, 1.807) is 0 Å². The van der Waals surface area contributed by atoms with Crippen molar-refractivity contribution < 1.29 is 9.90 Å². The van der Waals surface area contributed by atoms with Crippen LogP contribution in [0.25, 0.3) is 11.1 Å². The lowest BCUT2D eigenvalue weighted by molar-refractivity contribution is -0.118. The number of hydrogen-bond acceptors (Lipinski definition) is 4. The summed E-state index contributed by atoms with van der Waals surface area (Å²) in [6.07, 6.45) is 8.96. The van der Waals surface area contributed by atoms with Gasteiger partial charge in [-0.1, -0.05) is 69.3 Å². The van der Waals surface area contributed by atoms with E-state index in [0.29, 0.717) is 11.3 Å². The molecule has 1 unspecified atom stereocenters. The van der Waals surface area contributed by atoms with Crippen LogP contribution in [-0.2, 0) is 10.2 Å². The smallest absolute Gasteiger partial charge is 0.170 e. The van der Waals surface area contributed by atoms with Crippen molar-refractivity contribution >= 4 is 22.8 Å². The molecule has 188 valence electrons. The summed E-state index contributed by atoms with van der Waals surface area (Å²) in [5.41, 5.74) is 13.8. The molecule has 0 radical (unpaired) electrons. The van der Waals surface area contributed by atoms with Gasteiger partial charge in [0.05, 0.1) is 6.42 Å². The number of carbonyl (C=O) groups excluding carboxylic acids is 1. The molecule has 3 aromatic rings. The van der Waals surface area contributed by atoms with Crippen molar-refractivity contribution in [2.75, 3.05) is 10.6 Å². The highest BCUT2D eigenvalue weighted by Gasteiger charge is 2.40. The van der Waals surface area contributed by atoms with Gasteiger partial charge in [0.25, 0.3) is 0 Å². The Bertz CT molecular complexity index is 1410. The molecule has 0 aromatic heterocycles. The molecule has 0 saturated heterocycles. The standard InChI is InChI=1S/C33H34N2O2/c1-22(32-30(36)21-31(32)37)33(2,3)28-20-24(16-19-29(28)34)23-14-17-27(18-15-23)35(25-10-6-4-7-11-25)26-12-8-5-9-13-26/h4,6-8,10-20,22,36H,5,9,21,34H2,1-3H3. The summed E-state index contributed by atoms with van der Waals surface area (Å²) in [5, 5.41) is 10.1. The molecule has 0 fully saturated rings. The number of aliphatic hydroxyl groups excluding tert-OH is 1. The first-order chi connectivity index (χ1) is 17.8. The van der Waals surface area contributed by atoms with Gasteiger partial charge >= 0.3 is 0 Å². The van der Waals surface area contributed by atoms with Crippen molar-refractivity contribution in [2.45, 2.75) is 45.4 Å². The molecule has 37 heavy (non-hydrogen) atoms. The molecule has 4 heteroatoms. The van der Waals surface area contributed by atoms with E-state index < -0.39 is 5.41 Å². The third-order valence-corrected chi connectivity index (χ3v) is 7.91. The van der Waals surface area contributed by atoms with Crippen molar-refractivity contribution in [3.63, 3.8) is 0 Å². The van der Waals surface area contributed by atoms with Crippen molar-refractivity contribution in [1.29, 1.82) is 0 Å². The first kappa shape index (κ1) is 24.6. The minimum Gasteiger partial charge on any atom is -0.511 e. The van der Waals surface area contributed by atoms with E-state index in [9.17, 15) is 9.90 Å². The summed E-state index contributed by atoms with van der Waals surface area (Å²) in [4.78, 5) is 14.5. The summed E-state index contributed by atoms with van der Waals surface area (Å²) in [6.45, 7) is 6.17. The van der Waals surface area contributed by atoms with E-state index in [1.165, 1.54) is 5.70 Å². The quantitative estimate of drug-likeness (QED) is 0.329. The minimum atomic E-state index is -0.427. The Hall–Kier alpha value is -4.05. The Morgan fingerprint density at radius 3 is 2.22 bits per heavy atom. The molecule has 0 heterocycles. The maximum Gasteiger partial charge on any atom is 0.170 e. The predicted octanol–water partition coefficient (Wildman–Crippen LogP) is 8.01. The fraction of sp³-hybridized carbons (Fsp3) is 0.242. The minimum absolute atomic E-state index is 0.0225. The highest BCUT2D eigenvalue weighted by Crippen LogP contribution is 2.44. The van der Waals surface area contributed by atoms with Gasteiger partial charge in [-0.25, -0.2) is 0 Å². The number of nitrogens with zero attached hydrogens (tertiary/aromatic N) is 1. The summed E-state index contributed by atoms with van der Waals surface area (Å²) < 4.78 is 0. The molecule has 1 atom stereocenters. The number of ketones is 1. The number of anilines is 3. The molecule has 3 aromatic carbocycles. The van der Waals surface area contributed by atoms with Gasteiger partial charge in [-0.05, 0) is 83.3 Å². The fourth-order valence-electron chi connectivity index (χ4n) is 5.37. The highest BCUT2D eigenvalue weighted by atomic mass is 16.3. The van der Waals surface area contributed by atoms with Crippen LogP contribution in [0.2, 0.25) is 0 Å². The van der Waals surface area contributed by atoms with Crippen molar-refractivity contribution in [3.05, 3.63) is 114 Å². The zero-order chi connectivity index (χ0) is 26.2. The van der Waals surface area contributed by atoms with Gasteiger partial charge in [0.2, 0.25) is 0 Å². The Morgan fingerprint density at radius 1 is 0.919 bits per heavy atom. The van der Waals surface area contributed by atoms with Crippen LogP contribution in [0.3, 0.4) is 0 Å². The number of rotatable bonds is 7. The van der Waals surface area contributed by atoms with E-state index in [0.717, 1.165) is 40.9 Å². The van der Waals surface area contributed by atoms with E-state index in [4.69, 9.17) is 5.73 Å². The van der Waals surface area contributed by atoms with Gasteiger partial charge < -0.3 is 15.7 Å². The van der Waals surface area contributed by atoms with Crippen molar-refractivity contribution in [1.82, 2.24) is 0 Å². The van der Waals surface area contributed by atoms with E-state index in [2.05, 4.69) is 91.6 Å². The predicted molar refractivity (Wildman–Crippen MR) is 153 cm³/mol. The zero-order valence-electron chi connectivity index (χ0n) is 21.7. The maximum atomic E-state index is 12.2. The Kier molecular flexibility index (Phi) is 6.51. The summed E-state index contributed by atoms with van der Waals surface area (Å²) in [5.74, 6) is 0.0843. The third kappa shape index (κ3) is 4.60. The molecule has 0 amide bonds. The summed E-state index contributed by atoms with van der Waals surface area (Å²) in [7, 11) is 0. The van der Waals surface area contributed by atoms with Gasteiger partial charge in [0.15, 0.2) is 5.78 Å².